The Labute approximate surface area is 130 Å². The standard InChI is InChI=1S/C16H24N2O2S/c19-14(15-6-3-9-21-15)10-13-5-2-8-18(13)16(20)12-4-1-7-17-11-12/h3,6,9,12-14,17,19H,1-2,4-5,7-8,10-11H2. The molecule has 0 aliphatic carbocycles. The molecular weight excluding hydrogens is 284 g/mol. The first-order valence-corrected chi connectivity index (χ1v) is 8.86. The fourth-order valence-electron chi connectivity index (χ4n) is 3.52. The van der Waals surface area contributed by atoms with Crippen molar-refractivity contribution < 1.29 is 9.90 Å². The summed E-state index contributed by atoms with van der Waals surface area (Å²) in [7, 11) is 0. The highest BCUT2D eigenvalue weighted by Gasteiger charge is 2.34. The van der Waals surface area contributed by atoms with E-state index in [9.17, 15) is 9.90 Å². The Hall–Kier alpha value is -0.910. The average Bonchev–Trinajstić information content (AvgIpc) is 3.19. The van der Waals surface area contributed by atoms with Crippen LogP contribution in [0, 0.1) is 5.92 Å². The molecule has 0 bridgehead atoms. The smallest absolute Gasteiger partial charge is 0.227 e. The molecule has 2 aliphatic heterocycles. The first-order chi connectivity index (χ1) is 10.3. The molecule has 0 saturated carbocycles. The van der Waals surface area contributed by atoms with Crippen LogP contribution in [0.15, 0.2) is 17.5 Å². The van der Waals surface area contributed by atoms with E-state index in [4.69, 9.17) is 0 Å². The molecule has 1 aromatic rings. The van der Waals surface area contributed by atoms with Gasteiger partial charge in [0.15, 0.2) is 0 Å². The Bertz CT molecular complexity index is 457. The van der Waals surface area contributed by atoms with E-state index >= 15 is 0 Å². The van der Waals surface area contributed by atoms with Gasteiger partial charge in [-0.15, -0.1) is 11.3 Å². The summed E-state index contributed by atoms with van der Waals surface area (Å²) >= 11 is 1.59. The van der Waals surface area contributed by atoms with Gasteiger partial charge < -0.3 is 15.3 Å². The molecule has 3 unspecified atom stereocenters. The lowest BCUT2D eigenvalue weighted by atomic mass is 9.97. The van der Waals surface area contributed by atoms with Crippen molar-refractivity contribution in [2.45, 2.75) is 44.2 Å². The van der Waals surface area contributed by atoms with Gasteiger partial charge in [0, 0.05) is 24.0 Å². The van der Waals surface area contributed by atoms with E-state index in [0.29, 0.717) is 12.3 Å². The Morgan fingerprint density at radius 2 is 2.38 bits per heavy atom. The van der Waals surface area contributed by atoms with Crippen molar-refractivity contribution in [1.29, 1.82) is 0 Å². The molecule has 0 aromatic carbocycles. The molecule has 1 amide bonds. The molecule has 2 saturated heterocycles. The highest BCUT2D eigenvalue weighted by molar-refractivity contribution is 7.10. The van der Waals surface area contributed by atoms with Gasteiger partial charge in [-0.3, -0.25) is 4.79 Å². The maximum absolute atomic E-state index is 12.7. The van der Waals surface area contributed by atoms with Crippen molar-refractivity contribution in [3.8, 4) is 0 Å². The molecule has 116 valence electrons. The molecular formula is C16H24N2O2S. The number of likely N-dealkylation sites (tertiary alicyclic amines) is 1. The number of carbonyl (C=O) groups excluding carboxylic acids is 1. The molecule has 0 radical (unpaired) electrons. The van der Waals surface area contributed by atoms with E-state index in [1.165, 1.54) is 0 Å². The molecule has 3 atom stereocenters. The van der Waals surface area contributed by atoms with Crippen LogP contribution in [-0.2, 0) is 4.79 Å². The lowest BCUT2D eigenvalue weighted by Crippen LogP contribution is -2.45. The first-order valence-electron chi connectivity index (χ1n) is 7.98. The SMILES string of the molecule is O=C(C1CCCNC1)N1CCCC1CC(O)c1cccs1. The minimum Gasteiger partial charge on any atom is -0.387 e. The molecule has 21 heavy (non-hydrogen) atoms. The van der Waals surface area contributed by atoms with Crippen molar-refractivity contribution in [3.05, 3.63) is 22.4 Å². The van der Waals surface area contributed by atoms with Crippen LogP contribution in [0.5, 0.6) is 0 Å². The number of nitrogens with zero attached hydrogens (tertiary/aromatic N) is 1. The summed E-state index contributed by atoms with van der Waals surface area (Å²) < 4.78 is 0. The zero-order chi connectivity index (χ0) is 14.7. The zero-order valence-electron chi connectivity index (χ0n) is 12.3. The second kappa shape index (κ2) is 6.90. The second-order valence-electron chi connectivity index (χ2n) is 6.14. The minimum atomic E-state index is -0.437. The fraction of sp³-hybridized carbons (Fsp3) is 0.688. The summed E-state index contributed by atoms with van der Waals surface area (Å²) in [6, 6.07) is 4.15. The van der Waals surface area contributed by atoms with Gasteiger partial charge in [-0.1, -0.05) is 6.07 Å². The van der Waals surface area contributed by atoms with Crippen molar-refractivity contribution >= 4 is 17.2 Å². The number of aliphatic hydroxyl groups is 1. The molecule has 2 fully saturated rings. The van der Waals surface area contributed by atoms with Crippen LogP contribution in [0.3, 0.4) is 0 Å². The predicted molar refractivity (Wildman–Crippen MR) is 84.2 cm³/mol. The molecule has 1 aromatic heterocycles. The molecule has 2 aliphatic rings. The second-order valence-corrected chi connectivity index (χ2v) is 7.12. The van der Waals surface area contributed by atoms with Gasteiger partial charge in [0.25, 0.3) is 0 Å². The van der Waals surface area contributed by atoms with Crippen LogP contribution in [0.4, 0.5) is 0 Å². The van der Waals surface area contributed by atoms with E-state index in [0.717, 1.165) is 50.2 Å². The van der Waals surface area contributed by atoms with Crippen molar-refractivity contribution in [3.63, 3.8) is 0 Å². The predicted octanol–water partition coefficient (Wildman–Crippen LogP) is 2.16. The number of piperidine rings is 1. The molecule has 0 spiro atoms. The van der Waals surface area contributed by atoms with Crippen LogP contribution >= 0.6 is 11.3 Å². The number of thiophene rings is 1. The summed E-state index contributed by atoms with van der Waals surface area (Å²) in [4.78, 5) is 15.7. The molecule has 2 N–H and O–H groups in total. The van der Waals surface area contributed by atoms with E-state index in [1.807, 2.05) is 22.4 Å². The van der Waals surface area contributed by atoms with Crippen molar-refractivity contribution in [1.82, 2.24) is 10.2 Å². The summed E-state index contributed by atoms with van der Waals surface area (Å²) in [5.74, 6) is 0.432. The van der Waals surface area contributed by atoms with Crippen molar-refractivity contribution in [2.24, 2.45) is 5.92 Å². The summed E-state index contributed by atoms with van der Waals surface area (Å²) in [5, 5.41) is 15.7. The van der Waals surface area contributed by atoms with Crippen LogP contribution in [0.1, 0.15) is 43.1 Å². The Morgan fingerprint density at radius 3 is 3.10 bits per heavy atom. The summed E-state index contributed by atoms with van der Waals surface area (Å²) in [5.41, 5.74) is 0. The average molecular weight is 308 g/mol. The number of amides is 1. The molecule has 4 nitrogen and oxygen atoms in total. The Morgan fingerprint density at radius 1 is 1.48 bits per heavy atom. The largest absolute Gasteiger partial charge is 0.387 e. The Balaban J connectivity index is 1.60. The van der Waals surface area contributed by atoms with Gasteiger partial charge in [-0.05, 0) is 50.1 Å². The quantitative estimate of drug-likeness (QED) is 0.896. The van der Waals surface area contributed by atoms with Gasteiger partial charge in [0.05, 0.1) is 12.0 Å². The highest BCUT2D eigenvalue weighted by atomic mass is 32.1. The molecule has 3 rings (SSSR count). The van der Waals surface area contributed by atoms with Crippen LogP contribution in [0.2, 0.25) is 0 Å². The number of nitrogens with one attached hydrogen (secondary N) is 1. The number of rotatable bonds is 4. The third-order valence-electron chi connectivity index (χ3n) is 4.67. The number of aliphatic hydroxyl groups excluding tert-OH is 1. The monoisotopic (exact) mass is 308 g/mol. The maximum atomic E-state index is 12.7. The van der Waals surface area contributed by atoms with E-state index in [2.05, 4.69) is 5.32 Å². The Kier molecular flexibility index (Phi) is 4.93. The third-order valence-corrected chi connectivity index (χ3v) is 5.65. The van der Waals surface area contributed by atoms with E-state index in [1.54, 1.807) is 11.3 Å². The lowest BCUT2D eigenvalue weighted by Gasteiger charge is -2.31. The van der Waals surface area contributed by atoms with Gasteiger partial charge in [0.2, 0.25) is 5.91 Å². The van der Waals surface area contributed by atoms with Crippen LogP contribution < -0.4 is 5.32 Å². The van der Waals surface area contributed by atoms with Gasteiger partial charge in [-0.2, -0.15) is 0 Å². The van der Waals surface area contributed by atoms with Crippen LogP contribution in [0.25, 0.3) is 0 Å². The highest BCUT2D eigenvalue weighted by Crippen LogP contribution is 2.31. The third kappa shape index (κ3) is 3.47. The van der Waals surface area contributed by atoms with Crippen molar-refractivity contribution in [2.75, 3.05) is 19.6 Å². The molecule has 3 heterocycles. The summed E-state index contributed by atoms with van der Waals surface area (Å²) in [6.45, 7) is 2.71. The van der Waals surface area contributed by atoms with E-state index in [-0.39, 0.29) is 12.0 Å². The normalized spacial score (nSPS) is 27.8. The maximum Gasteiger partial charge on any atom is 0.227 e. The van der Waals surface area contributed by atoms with Gasteiger partial charge >= 0.3 is 0 Å². The van der Waals surface area contributed by atoms with E-state index < -0.39 is 6.10 Å². The fourth-order valence-corrected chi connectivity index (χ4v) is 4.25. The minimum absolute atomic E-state index is 0.137. The molecule has 5 heteroatoms. The number of carbonyl (C=O) groups is 1. The van der Waals surface area contributed by atoms with Gasteiger partial charge in [-0.25, -0.2) is 0 Å². The zero-order valence-corrected chi connectivity index (χ0v) is 13.1. The number of hydrogen-bond acceptors (Lipinski definition) is 4. The number of hydrogen-bond donors (Lipinski definition) is 2. The topological polar surface area (TPSA) is 52.6 Å². The van der Waals surface area contributed by atoms with Gasteiger partial charge in [0.1, 0.15) is 0 Å². The first kappa shape index (κ1) is 15.0. The lowest BCUT2D eigenvalue weighted by molar-refractivity contribution is -0.137. The summed E-state index contributed by atoms with van der Waals surface area (Å²) in [6.07, 6.45) is 4.41. The van der Waals surface area contributed by atoms with Crippen LogP contribution in [-0.4, -0.2) is 41.6 Å².